The van der Waals surface area contributed by atoms with Gasteiger partial charge in [-0.1, -0.05) is 0 Å². The van der Waals surface area contributed by atoms with Gasteiger partial charge in [-0.25, -0.2) is 0 Å². The van der Waals surface area contributed by atoms with Crippen molar-refractivity contribution >= 4 is 0 Å². The summed E-state index contributed by atoms with van der Waals surface area (Å²) in [7, 11) is 0. The molecule has 0 aromatic heterocycles. The van der Waals surface area contributed by atoms with Crippen LogP contribution in [0.2, 0.25) is 0 Å². The molecule has 0 aromatic carbocycles. The van der Waals surface area contributed by atoms with Gasteiger partial charge in [0.1, 0.15) is 0 Å². The third kappa shape index (κ3) is 0.295. The van der Waals surface area contributed by atoms with Gasteiger partial charge < -0.3 is 5.73 Å². The van der Waals surface area contributed by atoms with Crippen LogP contribution in [0, 0.1) is 23.2 Å². The van der Waals surface area contributed by atoms with Crippen molar-refractivity contribution in [2.24, 2.45) is 28.9 Å². The summed E-state index contributed by atoms with van der Waals surface area (Å²) in [6.45, 7) is 0.969. The lowest BCUT2D eigenvalue weighted by Gasteiger charge is -2.52. The highest BCUT2D eigenvalue weighted by Gasteiger charge is 2.76. The van der Waals surface area contributed by atoms with Crippen molar-refractivity contribution in [1.82, 2.24) is 0 Å². The van der Waals surface area contributed by atoms with Crippen LogP contribution in [-0.4, -0.2) is 6.54 Å². The van der Waals surface area contributed by atoms with Crippen LogP contribution in [0.25, 0.3) is 0 Å². The van der Waals surface area contributed by atoms with Crippen LogP contribution >= 0.6 is 0 Å². The lowest BCUT2D eigenvalue weighted by Crippen LogP contribution is -2.49. The van der Waals surface area contributed by atoms with E-state index in [-0.39, 0.29) is 0 Å². The minimum absolute atomic E-state index is 0.921. The number of rotatable bonds is 1. The molecule has 1 heteroatoms. The molecule has 3 aliphatic carbocycles. The fourth-order valence-electron chi connectivity index (χ4n) is 3.45. The highest BCUT2D eigenvalue weighted by atomic mass is 14.8. The van der Waals surface area contributed by atoms with E-state index in [0.717, 1.165) is 29.7 Å². The van der Waals surface area contributed by atoms with Crippen molar-refractivity contribution in [2.75, 3.05) is 6.54 Å². The van der Waals surface area contributed by atoms with E-state index in [9.17, 15) is 0 Å². The minimum atomic E-state index is 0.921. The van der Waals surface area contributed by atoms with E-state index in [2.05, 4.69) is 0 Å². The maximum Gasteiger partial charge on any atom is -0.00431 e. The molecule has 1 spiro atoms. The Labute approximate surface area is 55.6 Å². The van der Waals surface area contributed by atoms with Crippen molar-refractivity contribution in [1.29, 1.82) is 0 Å². The predicted octanol–water partition coefficient (Wildman–Crippen LogP) is 0.991. The van der Waals surface area contributed by atoms with Gasteiger partial charge in [0.25, 0.3) is 0 Å². The maximum absolute atomic E-state index is 5.63. The maximum atomic E-state index is 5.63. The molecule has 2 unspecified atom stereocenters. The lowest BCUT2D eigenvalue weighted by molar-refractivity contribution is -0.0348. The molecular weight excluding hydrogens is 110 g/mol. The molecule has 3 fully saturated rings. The van der Waals surface area contributed by atoms with Crippen LogP contribution in [0.15, 0.2) is 0 Å². The summed E-state index contributed by atoms with van der Waals surface area (Å²) in [4.78, 5) is 0. The Morgan fingerprint density at radius 2 is 2.33 bits per heavy atom. The van der Waals surface area contributed by atoms with Crippen LogP contribution in [0.3, 0.4) is 0 Å². The van der Waals surface area contributed by atoms with Crippen LogP contribution in [0.5, 0.6) is 0 Å². The molecule has 1 nitrogen and oxygen atoms in total. The molecule has 3 saturated carbocycles. The van der Waals surface area contributed by atoms with Crippen LogP contribution in [0.4, 0.5) is 0 Å². The fraction of sp³-hybridized carbons (Fsp3) is 1.00. The number of hydrogen-bond acceptors (Lipinski definition) is 1. The van der Waals surface area contributed by atoms with E-state index < -0.39 is 0 Å². The molecule has 0 aromatic rings. The summed E-state index contributed by atoms with van der Waals surface area (Å²) in [5, 5.41) is 0. The van der Waals surface area contributed by atoms with Gasteiger partial charge in [-0.15, -0.1) is 0 Å². The van der Waals surface area contributed by atoms with E-state index in [1.807, 2.05) is 0 Å². The Morgan fingerprint density at radius 3 is 2.56 bits per heavy atom. The molecule has 0 radical (unpaired) electrons. The SMILES string of the molecule is NC[C@H]1C2CC[C@@]23CC13. The van der Waals surface area contributed by atoms with Crippen molar-refractivity contribution in [3.63, 3.8) is 0 Å². The normalized spacial score (nSPS) is 67.0. The predicted molar refractivity (Wildman–Crippen MR) is 35.8 cm³/mol. The Morgan fingerprint density at radius 1 is 1.44 bits per heavy atom. The average Bonchev–Trinajstić information content (AvgIpc) is 2.54. The number of hydrogen-bond donors (Lipinski definition) is 1. The van der Waals surface area contributed by atoms with Gasteiger partial charge in [0.2, 0.25) is 0 Å². The largest absolute Gasteiger partial charge is 0.330 e. The van der Waals surface area contributed by atoms with Crippen LogP contribution < -0.4 is 5.73 Å². The Kier molecular flexibility index (Phi) is 0.563. The first-order chi connectivity index (χ1) is 4.38. The third-order valence-corrected chi connectivity index (χ3v) is 4.14. The molecule has 0 amide bonds. The van der Waals surface area contributed by atoms with E-state index in [1.165, 1.54) is 6.42 Å². The molecule has 4 atom stereocenters. The zero-order valence-corrected chi connectivity index (χ0v) is 5.64. The topological polar surface area (TPSA) is 26.0 Å². The summed E-state index contributed by atoms with van der Waals surface area (Å²) >= 11 is 0. The summed E-state index contributed by atoms with van der Waals surface area (Å²) < 4.78 is 0. The zero-order valence-electron chi connectivity index (χ0n) is 5.64. The highest BCUT2D eigenvalue weighted by Crippen LogP contribution is 2.82. The monoisotopic (exact) mass is 123 g/mol. The van der Waals surface area contributed by atoms with Crippen molar-refractivity contribution in [3.05, 3.63) is 0 Å². The number of nitrogens with two attached hydrogens (primary N) is 1. The second-order valence-corrected chi connectivity index (χ2v) is 4.09. The second-order valence-electron chi connectivity index (χ2n) is 4.09. The Bertz CT molecular complexity index is 164. The summed E-state index contributed by atoms with van der Waals surface area (Å²) in [6.07, 6.45) is 4.58. The molecule has 0 bridgehead atoms. The van der Waals surface area contributed by atoms with Gasteiger partial charge in [0, 0.05) is 0 Å². The Hall–Kier alpha value is -0.0400. The first-order valence-corrected chi connectivity index (χ1v) is 4.08. The molecular formula is C8H13N. The van der Waals surface area contributed by atoms with Crippen LogP contribution in [0.1, 0.15) is 19.3 Å². The van der Waals surface area contributed by atoms with Gasteiger partial charge in [-0.3, -0.25) is 0 Å². The molecule has 2 N–H and O–H groups in total. The highest BCUT2D eigenvalue weighted by molar-refractivity contribution is 5.25. The fourth-order valence-corrected chi connectivity index (χ4v) is 3.45. The molecule has 0 saturated heterocycles. The van der Waals surface area contributed by atoms with Crippen molar-refractivity contribution in [2.45, 2.75) is 19.3 Å². The quantitative estimate of drug-likeness (QED) is 0.553. The summed E-state index contributed by atoms with van der Waals surface area (Å²) in [5.74, 6) is 3.15. The molecule has 9 heavy (non-hydrogen) atoms. The summed E-state index contributed by atoms with van der Waals surface area (Å²) in [6, 6.07) is 0. The van der Waals surface area contributed by atoms with Gasteiger partial charge in [0.15, 0.2) is 0 Å². The lowest BCUT2D eigenvalue weighted by atomic mass is 9.52. The minimum Gasteiger partial charge on any atom is -0.330 e. The van der Waals surface area contributed by atoms with Crippen molar-refractivity contribution < 1.29 is 0 Å². The molecule has 3 aliphatic rings. The van der Waals surface area contributed by atoms with Gasteiger partial charge >= 0.3 is 0 Å². The molecule has 0 aliphatic heterocycles. The first-order valence-electron chi connectivity index (χ1n) is 4.08. The molecule has 0 heterocycles. The van der Waals surface area contributed by atoms with Gasteiger partial charge in [-0.05, 0) is 49.0 Å². The smallest absolute Gasteiger partial charge is 0.00431 e. The standard InChI is InChI=1S/C8H13N/c9-4-5-6-1-2-8(6)3-7(5)8/h5-7H,1-4,9H2/t5-,6?,7?,8+/m0/s1. The van der Waals surface area contributed by atoms with E-state index >= 15 is 0 Å². The van der Waals surface area contributed by atoms with Gasteiger partial charge in [-0.2, -0.15) is 0 Å². The first kappa shape index (κ1) is 4.73. The van der Waals surface area contributed by atoms with E-state index in [1.54, 1.807) is 12.8 Å². The summed E-state index contributed by atoms with van der Waals surface area (Å²) in [5.41, 5.74) is 6.55. The molecule has 3 rings (SSSR count). The van der Waals surface area contributed by atoms with Crippen LogP contribution in [-0.2, 0) is 0 Å². The Balaban J connectivity index is 1.85. The van der Waals surface area contributed by atoms with E-state index in [4.69, 9.17) is 5.73 Å². The second kappa shape index (κ2) is 1.07. The zero-order chi connectivity index (χ0) is 6.06. The van der Waals surface area contributed by atoms with Crippen molar-refractivity contribution in [3.8, 4) is 0 Å². The van der Waals surface area contributed by atoms with Gasteiger partial charge in [0.05, 0.1) is 0 Å². The average molecular weight is 123 g/mol. The third-order valence-electron chi connectivity index (χ3n) is 4.14. The van der Waals surface area contributed by atoms with E-state index in [0.29, 0.717) is 0 Å². The molecule has 50 valence electrons.